The Balaban J connectivity index is 1.67. The largest absolute Gasteiger partial charge is 0.418 e. The predicted octanol–water partition coefficient (Wildman–Crippen LogP) is 4.59. The van der Waals surface area contributed by atoms with Gasteiger partial charge in [0.05, 0.1) is 17.5 Å². The van der Waals surface area contributed by atoms with Crippen molar-refractivity contribution in [3.63, 3.8) is 0 Å². The molecule has 0 spiro atoms. The van der Waals surface area contributed by atoms with Crippen LogP contribution >= 0.6 is 0 Å². The van der Waals surface area contributed by atoms with Gasteiger partial charge in [-0.2, -0.15) is 18.3 Å². The van der Waals surface area contributed by atoms with Crippen molar-refractivity contribution in [1.29, 1.82) is 0 Å². The van der Waals surface area contributed by atoms with Crippen molar-refractivity contribution in [2.75, 3.05) is 5.32 Å². The van der Waals surface area contributed by atoms with E-state index in [2.05, 4.69) is 25.5 Å². The number of benzene rings is 1. The number of anilines is 1. The number of nitrogens with one attached hydrogen (secondary N) is 1. The number of hydrogen-bond acceptors (Lipinski definition) is 6. The molecule has 0 radical (unpaired) electrons. The summed E-state index contributed by atoms with van der Waals surface area (Å²) in [4.78, 5) is 32.6. The number of nitrogens with two attached hydrogens (primary N) is 1. The van der Waals surface area contributed by atoms with Gasteiger partial charge in [0.25, 0.3) is 11.8 Å². The van der Waals surface area contributed by atoms with Crippen LogP contribution in [0, 0.1) is 13.8 Å². The zero-order chi connectivity index (χ0) is 26.0. The number of aromatic nitrogens is 4. The van der Waals surface area contributed by atoms with Crippen LogP contribution in [0.2, 0.25) is 0 Å². The Labute approximate surface area is 203 Å². The lowest BCUT2D eigenvalue weighted by atomic mass is 9.98. The molecule has 3 aromatic heterocycles. The minimum absolute atomic E-state index is 0.107. The summed E-state index contributed by atoms with van der Waals surface area (Å²) in [5, 5.41) is 9.37. The molecule has 0 saturated heterocycles. The number of pyridine rings is 2. The number of nitrogens with zero attached hydrogens (tertiary/aromatic N) is 4. The van der Waals surface area contributed by atoms with E-state index < -0.39 is 29.2 Å². The van der Waals surface area contributed by atoms with Crippen LogP contribution in [0.5, 0.6) is 0 Å². The third-order valence-corrected chi connectivity index (χ3v) is 5.28. The van der Waals surface area contributed by atoms with E-state index in [0.29, 0.717) is 34.9 Å². The van der Waals surface area contributed by atoms with Gasteiger partial charge in [-0.3, -0.25) is 19.6 Å². The first-order valence-corrected chi connectivity index (χ1v) is 10.6. The van der Waals surface area contributed by atoms with Crippen molar-refractivity contribution in [2.24, 2.45) is 5.73 Å². The molecule has 8 nitrogen and oxygen atoms in total. The van der Waals surface area contributed by atoms with Crippen molar-refractivity contribution in [3.8, 4) is 22.4 Å². The van der Waals surface area contributed by atoms with E-state index in [4.69, 9.17) is 5.73 Å². The van der Waals surface area contributed by atoms with E-state index >= 15 is 0 Å². The second-order valence-electron chi connectivity index (χ2n) is 7.99. The van der Waals surface area contributed by atoms with Crippen molar-refractivity contribution < 1.29 is 22.8 Å². The Morgan fingerprint density at radius 1 is 0.944 bits per heavy atom. The Morgan fingerprint density at radius 2 is 1.72 bits per heavy atom. The van der Waals surface area contributed by atoms with Gasteiger partial charge in [0, 0.05) is 23.1 Å². The minimum atomic E-state index is -4.65. The maximum atomic E-state index is 13.0. The van der Waals surface area contributed by atoms with Crippen LogP contribution in [0.3, 0.4) is 0 Å². The zero-order valence-electron chi connectivity index (χ0n) is 19.1. The number of primary amides is 1. The average Bonchev–Trinajstić information content (AvgIpc) is 2.84. The number of rotatable bonds is 5. The molecule has 0 bridgehead atoms. The van der Waals surface area contributed by atoms with Crippen LogP contribution in [0.25, 0.3) is 22.4 Å². The minimum Gasteiger partial charge on any atom is -0.364 e. The smallest absolute Gasteiger partial charge is 0.364 e. The molecule has 1 aromatic carbocycles. The van der Waals surface area contributed by atoms with Crippen molar-refractivity contribution in [1.82, 2.24) is 20.2 Å². The number of amides is 2. The van der Waals surface area contributed by atoms with E-state index in [1.807, 2.05) is 26.0 Å². The summed E-state index contributed by atoms with van der Waals surface area (Å²) in [5.41, 5.74) is 8.64. The lowest BCUT2D eigenvalue weighted by Gasteiger charge is -2.13. The summed E-state index contributed by atoms with van der Waals surface area (Å²) >= 11 is 0. The van der Waals surface area contributed by atoms with Gasteiger partial charge in [0.15, 0.2) is 5.69 Å². The van der Waals surface area contributed by atoms with E-state index in [1.54, 1.807) is 30.3 Å². The first-order chi connectivity index (χ1) is 17.0. The molecule has 4 rings (SSSR count). The summed E-state index contributed by atoms with van der Waals surface area (Å²) in [6.45, 7) is 3.70. The van der Waals surface area contributed by atoms with Gasteiger partial charge >= 0.3 is 6.18 Å². The molecule has 11 heteroatoms. The van der Waals surface area contributed by atoms with Gasteiger partial charge in [-0.05, 0) is 73.0 Å². The van der Waals surface area contributed by atoms with Crippen LogP contribution in [0.4, 0.5) is 18.9 Å². The van der Waals surface area contributed by atoms with Gasteiger partial charge in [-0.15, -0.1) is 5.10 Å². The number of carbonyl (C=O) groups is 2. The van der Waals surface area contributed by atoms with Crippen LogP contribution < -0.4 is 11.1 Å². The van der Waals surface area contributed by atoms with Gasteiger partial charge < -0.3 is 11.1 Å². The zero-order valence-corrected chi connectivity index (χ0v) is 19.1. The molecule has 0 atom stereocenters. The molecule has 3 N–H and O–H groups in total. The maximum Gasteiger partial charge on any atom is 0.418 e. The van der Waals surface area contributed by atoms with Gasteiger partial charge in [0.2, 0.25) is 0 Å². The molecule has 0 aliphatic rings. The van der Waals surface area contributed by atoms with Gasteiger partial charge in [-0.1, -0.05) is 6.07 Å². The van der Waals surface area contributed by atoms with E-state index in [-0.39, 0.29) is 5.69 Å². The normalized spacial score (nSPS) is 11.2. The summed E-state index contributed by atoms with van der Waals surface area (Å²) in [6, 6.07) is 12.7. The highest BCUT2D eigenvalue weighted by molar-refractivity contribution is 6.03. The van der Waals surface area contributed by atoms with Crippen LogP contribution in [0.15, 0.2) is 60.9 Å². The van der Waals surface area contributed by atoms with E-state index in [0.717, 1.165) is 16.7 Å². The molecule has 0 saturated carbocycles. The number of carbonyl (C=O) groups excluding carboxylic acids is 2. The van der Waals surface area contributed by atoms with Gasteiger partial charge in [0.1, 0.15) is 5.69 Å². The molecule has 3 heterocycles. The third kappa shape index (κ3) is 5.35. The van der Waals surface area contributed by atoms with Crippen LogP contribution in [-0.2, 0) is 6.18 Å². The lowest BCUT2D eigenvalue weighted by Crippen LogP contribution is -2.16. The summed E-state index contributed by atoms with van der Waals surface area (Å²) in [7, 11) is 0. The Morgan fingerprint density at radius 3 is 2.44 bits per heavy atom. The Kier molecular flexibility index (Phi) is 6.47. The topological polar surface area (TPSA) is 124 Å². The van der Waals surface area contributed by atoms with Crippen LogP contribution in [-0.4, -0.2) is 32.0 Å². The number of aryl methyl sites for hydroxylation is 2. The highest BCUT2D eigenvalue weighted by Gasteiger charge is 2.32. The molecular weight excluding hydrogens is 473 g/mol. The lowest BCUT2D eigenvalue weighted by molar-refractivity contribution is -0.137. The number of alkyl halides is 3. The molecule has 2 amide bonds. The molecule has 0 unspecified atom stereocenters. The Hall–Kier alpha value is -4.67. The first-order valence-electron chi connectivity index (χ1n) is 10.6. The maximum absolute atomic E-state index is 13.0. The van der Waals surface area contributed by atoms with Crippen molar-refractivity contribution in [2.45, 2.75) is 20.0 Å². The second-order valence-corrected chi connectivity index (χ2v) is 7.99. The molecular formula is C25H19F3N6O2. The molecule has 0 aliphatic carbocycles. The van der Waals surface area contributed by atoms with Crippen molar-refractivity contribution in [3.05, 3.63) is 89.1 Å². The predicted molar refractivity (Wildman–Crippen MR) is 126 cm³/mol. The second kappa shape index (κ2) is 9.53. The molecule has 0 aliphatic heterocycles. The number of hydrogen-bond donors (Lipinski definition) is 2. The molecule has 182 valence electrons. The highest BCUT2D eigenvalue weighted by atomic mass is 19.4. The SMILES string of the molecule is Cc1cc(-c2cc(NC(=O)c3cc(C(F)(F)F)cnn3)ccc2C)cc(-c2ccnc(C(N)=O)c2)n1. The van der Waals surface area contributed by atoms with Gasteiger partial charge in [-0.25, -0.2) is 0 Å². The van der Waals surface area contributed by atoms with E-state index in [9.17, 15) is 22.8 Å². The van der Waals surface area contributed by atoms with Crippen LogP contribution in [0.1, 0.15) is 37.8 Å². The molecule has 36 heavy (non-hydrogen) atoms. The summed E-state index contributed by atoms with van der Waals surface area (Å²) in [5.74, 6) is -1.49. The average molecular weight is 492 g/mol. The standard InChI is InChI=1S/C25H19F3N6O2/c1-13-3-4-18(33-24(36)22-10-17(12-31-34-22)25(26,27)28)11-19(13)16-7-14(2)32-20(9-16)15-5-6-30-21(8-15)23(29)35/h3-12H,1-2H3,(H2,29,35)(H,33,36). The first kappa shape index (κ1) is 24.5. The summed E-state index contributed by atoms with van der Waals surface area (Å²) in [6.07, 6.45) is -2.62. The molecule has 0 fully saturated rings. The quantitative estimate of drug-likeness (QED) is 0.420. The third-order valence-electron chi connectivity index (χ3n) is 5.28. The molecule has 4 aromatic rings. The summed E-state index contributed by atoms with van der Waals surface area (Å²) < 4.78 is 38.9. The fourth-order valence-electron chi connectivity index (χ4n) is 3.54. The van der Waals surface area contributed by atoms with Crippen molar-refractivity contribution >= 4 is 17.5 Å². The Bertz CT molecular complexity index is 1490. The highest BCUT2D eigenvalue weighted by Crippen LogP contribution is 2.31. The fraction of sp³-hybridized carbons (Fsp3) is 0.120. The fourth-order valence-corrected chi connectivity index (χ4v) is 3.54. The van der Waals surface area contributed by atoms with E-state index in [1.165, 1.54) is 6.20 Å². The monoisotopic (exact) mass is 492 g/mol. The number of halogens is 3.